The Morgan fingerprint density at radius 3 is 2.45 bits per heavy atom. The van der Waals surface area contributed by atoms with Crippen LogP contribution in [0.3, 0.4) is 0 Å². The van der Waals surface area contributed by atoms with Crippen LogP contribution in [0.5, 0.6) is 0 Å². The molecular weight excluding hydrogens is 491 g/mol. The lowest BCUT2D eigenvalue weighted by Gasteiger charge is -2.59. The predicted molar refractivity (Wildman–Crippen MR) is 126 cm³/mol. The van der Waals surface area contributed by atoms with Gasteiger partial charge in [0, 0.05) is 32.0 Å². The van der Waals surface area contributed by atoms with Crippen molar-refractivity contribution in [3.8, 4) is 0 Å². The van der Waals surface area contributed by atoms with Crippen LogP contribution in [0.15, 0.2) is 40.8 Å². The minimum absolute atomic E-state index is 0.117. The molecule has 4 aliphatic carbocycles. The van der Waals surface area contributed by atoms with Crippen molar-refractivity contribution < 1.29 is 9.59 Å². The normalized spacial score (nSPS) is 41.4. The molecule has 29 heavy (non-hydrogen) atoms. The van der Waals surface area contributed by atoms with Crippen LogP contribution in [0, 0.1) is 32.2 Å². The average Bonchev–Trinajstić information content (AvgIpc) is 3.00. The number of halogens is 1. The van der Waals surface area contributed by atoms with Gasteiger partial charge >= 0.3 is 0 Å². The summed E-state index contributed by atoms with van der Waals surface area (Å²) >= 11 is 4.35. The van der Waals surface area contributed by atoms with Gasteiger partial charge in [-0.3, -0.25) is 9.59 Å². The third-order valence-corrected chi connectivity index (χ3v) is 10.8. The fourth-order valence-electron chi connectivity index (χ4n) is 7.08. The fraction of sp³-hybridized carbons (Fsp3) is 0.600. The lowest BCUT2D eigenvalue weighted by atomic mass is 9.47. The number of carbonyl (C=O) groups is 2. The first kappa shape index (κ1) is 20.3. The molecule has 0 saturated heterocycles. The lowest BCUT2D eigenvalue weighted by molar-refractivity contribution is -0.132. The molecule has 0 radical (unpaired) electrons. The molecule has 2 nitrogen and oxygen atoms in total. The summed E-state index contributed by atoms with van der Waals surface area (Å²) in [5.74, 6) is 2.49. The van der Waals surface area contributed by atoms with Gasteiger partial charge in [0.05, 0.1) is 0 Å². The van der Waals surface area contributed by atoms with E-state index in [2.05, 4.69) is 60.7 Å². The van der Waals surface area contributed by atoms with Gasteiger partial charge in [-0.25, -0.2) is 0 Å². The molecule has 0 amide bonds. The molecule has 0 unspecified atom stereocenters. The summed E-state index contributed by atoms with van der Waals surface area (Å²) in [5.41, 5.74) is 1.42. The Morgan fingerprint density at radius 1 is 0.966 bits per heavy atom. The molecule has 1 aromatic rings. The van der Waals surface area contributed by atoms with Crippen LogP contribution in [0.25, 0.3) is 0 Å². The van der Waals surface area contributed by atoms with Gasteiger partial charge in [0.25, 0.3) is 0 Å². The Balaban J connectivity index is 1.56. The van der Waals surface area contributed by atoms with E-state index in [4.69, 9.17) is 0 Å². The third kappa shape index (κ3) is 3.19. The minimum Gasteiger partial charge on any atom is -0.299 e. The van der Waals surface area contributed by atoms with Crippen molar-refractivity contribution in [3.63, 3.8) is 0 Å². The summed E-state index contributed by atoms with van der Waals surface area (Å²) in [6.45, 7) is 4.68. The molecule has 4 heteroatoms. The number of Topliss-reactive ketones (excluding diaryl/α,β-unsaturated/α-hetero) is 1. The smallest absolute Gasteiger partial charge is 0.155 e. The second-order valence-electron chi connectivity index (χ2n) is 10.1. The number of thioether (sulfide) groups is 1. The van der Waals surface area contributed by atoms with E-state index in [1.807, 2.05) is 17.8 Å². The van der Waals surface area contributed by atoms with Crippen LogP contribution in [0.4, 0.5) is 0 Å². The van der Waals surface area contributed by atoms with Crippen molar-refractivity contribution in [2.24, 2.45) is 28.6 Å². The van der Waals surface area contributed by atoms with Crippen LogP contribution < -0.4 is 0 Å². The monoisotopic (exact) mass is 520 g/mol. The van der Waals surface area contributed by atoms with Gasteiger partial charge in [-0.05, 0) is 108 Å². The molecule has 5 rings (SSSR count). The number of hydrogen-bond acceptors (Lipinski definition) is 3. The number of rotatable bonds is 2. The molecule has 0 aliphatic heterocycles. The topological polar surface area (TPSA) is 34.1 Å². The Hall–Kier alpha value is -0.620. The number of hydrogen-bond donors (Lipinski definition) is 0. The zero-order valence-corrected chi connectivity index (χ0v) is 20.2. The number of carbonyl (C=O) groups excluding carboxylic acids is 2. The van der Waals surface area contributed by atoms with E-state index in [9.17, 15) is 9.59 Å². The summed E-state index contributed by atoms with van der Waals surface area (Å²) in [6.07, 6.45) is 8.69. The van der Waals surface area contributed by atoms with Gasteiger partial charge < -0.3 is 0 Å². The number of fused-ring (bicyclic) bond motifs is 5. The van der Waals surface area contributed by atoms with Crippen molar-refractivity contribution in [3.05, 3.63) is 39.5 Å². The molecule has 0 N–H and O–H groups in total. The Bertz CT molecular complexity index is 891. The number of benzene rings is 1. The molecule has 154 valence electrons. The maximum absolute atomic E-state index is 12.8. The van der Waals surface area contributed by atoms with Crippen molar-refractivity contribution in [2.45, 2.75) is 68.9 Å². The highest BCUT2D eigenvalue weighted by Crippen LogP contribution is 2.66. The Kier molecular flexibility index (Phi) is 5.05. The van der Waals surface area contributed by atoms with E-state index >= 15 is 0 Å². The van der Waals surface area contributed by atoms with Gasteiger partial charge in [0.1, 0.15) is 5.78 Å². The summed E-state index contributed by atoms with van der Waals surface area (Å²) in [6, 6.07) is 8.83. The highest BCUT2D eigenvalue weighted by Gasteiger charge is 2.61. The molecular formula is C25H29IO2S. The van der Waals surface area contributed by atoms with Crippen molar-refractivity contribution in [1.82, 2.24) is 0 Å². The van der Waals surface area contributed by atoms with Gasteiger partial charge in [-0.2, -0.15) is 0 Å². The van der Waals surface area contributed by atoms with Crippen molar-refractivity contribution in [2.75, 3.05) is 0 Å². The first-order valence-corrected chi connectivity index (χ1v) is 13.0. The second kappa shape index (κ2) is 7.22. The summed E-state index contributed by atoms with van der Waals surface area (Å²) in [5, 5.41) is 0.459. The molecule has 0 aromatic heterocycles. The molecule has 3 saturated carbocycles. The Morgan fingerprint density at radius 2 is 1.69 bits per heavy atom. The predicted octanol–water partition coefficient (Wildman–Crippen LogP) is 6.46. The molecule has 6 atom stereocenters. The average molecular weight is 520 g/mol. The van der Waals surface area contributed by atoms with Crippen molar-refractivity contribution in [1.29, 1.82) is 0 Å². The van der Waals surface area contributed by atoms with E-state index in [0.29, 0.717) is 41.0 Å². The van der Waals surface area contributed by atoms with Gasteiger partial charge in [0.15, 0.2) is 5.78 Å². The molecule has 4 aliphatic rings. The first-order chi connectivity index (χ1) is 13.8. The third-order valence-electron chi connectivity index (χ3n) is 8.77. The first-order valence-electron chi connectivity index (χ1n) is 11.0. The number of allylic oxidation sites excluding steroid dienone is 1. The van der Waals surface area contributed by atoms with E-state index in [1.54, 1.807) is 0 Å². The highest BCUT2D eigenvalue weighted by molar-refractivity contribution is 14.1. The maximum atomic E-state index is 12.8. The SMILES string of the molecule is C[C@]12CCC(=O)C=C1C[C@@H](Sc1ccc(I)cc1)[C@@H]1[C@@H]2CC[C@]2(C)C(=O)CC[C@@H]12. The molecule has 3 fully saturated rings. The fourth-order valence-corrected chi connectivity index (χ4v) is 8.88. The van der Waals surface area contributed by atoms with Crippen molar-refractivity contribution >= 4 is 45.9 Å². The second-order valence-corrected chi connectivity index (χ2v) is 12.6. The highest BCUT2D eigenvalue weighted by atomic mass is 127. The molecule has 1 aromatic carbocycles. The largest absolute Gasteiger partial charge is 0.299 e. The van der Waals surface area contributed by atoms with E-state index in [-0.39, 0.29) is 10.8 Å². The summed E-state index contributed by atoms with van der Waals surface area (Å²) in [4.78, 5) is 26.4. The van der Waals surface area contributed by atoms with E-state index < -0.39 is 0 Å². The molecule has 0 bridgehead atoms. The van der Waals surface area contributed by atoms with Gasteiger partial charge in [-0.1, -0.05) is 19.4 Å². The quantitative estimate of drug-likeness (QED) is 0.420. The zero-order valence-electron chi connectivity index (χ0n) is 17.2. The molecule has 0 spiro atoms. The van der Waals surface area contributed by atoms with Crippen LogP contribution in [0.1, 0.15) is 58.8 Å². The summed E-state index contributed by atoms with van der Waals surface area (Å²) < 4.78 is 1.26. The lowest BCUT2D eigenvalue weighted by Crippen LogP contribution is -2.54. The van der Waals surface area contributed by atoms with Gasteiger partial charge in [0.2, 0.25) is 0 Å². The van der Waals surface area contributed by atoms with Crippen LogP contribution in [-0.2, 0) is 9.59 Å². The number of ketones is 2. The maximum Gasteiger partial charge on any atom is 0.155 e. The standard InChI is InChI=1S/C25H29IO2S/c1-24-11-9-17(27)13-15(24)14-21(29-18-5-3-16(26)4-6-18)23-19-7-8-22(28)25(19,2)12-10-20(23)24/h3-6,13,19-21,23H,7-12,14H2,1-2H3/t19-,20-,21+,23-,24-,25-/m0/s1. The summed E-state index contributed by atoms with van der Waals surface area (Å²) in [7, 11) is 0. The van der Waals surface area contributed by atoms with Crippen LogP contribution in [0.2, 0.25) is 0 Å². The minimum atomic E-state index is -0.117. The zero-order chi connectivity index (χ0) is 20.4. The van der Waals surface area contributed by atoms with Crippen LogP contribution in [-0.4, -0.2) is 16.8 Å². The van der Waals surface area contributed by atoms with E-state index in [0.717, 1.165) is 38.5 Å². The molecule has 0 heterocycles. The Labute approximate surface area is 191 Å². The van der Waals surface area contributed by atoms with E-state index in [1.165, 1.54) is 14.0 Å². The van der Waals surface area contributed by atoms with Gasteiger partial charge in [-0.15, -0.1) is 11.8 Å². The van der Waals surface area contributed by atoms with Crippen LogP contribution >= 0.6 is 34.4 Å².